The van der Waals surface area contributed by atoms with Gasteiger partial charge >= 0.3 is 0 Å². The number of ether oxygens (including phenoxy) is 1. The lowest BCUT2D eigenvalue weighted by Crippen LogP contribution is -2.17. The van der Waals surface area contributed by atoms with Gasteiger partial charge in [-0.25, -0.2) is 15.0 Å². The topological polar surface area (TPSA) is 73.7 Å². The van der Waals surface area contributed by atoms with E-state index in [1.807, 2.05) is 24.3 Å². The molecule has 5 rings (SSSR count). The number of para-hydroxylation sites is 2. The maximum absolute atomic E-state index is 6.04. The van der Waals surface area contributed by atoms with Gasteiger partial charge in [0.1, 0.15) is 11.5 Å². The summed E-state index contributed by atoms with van der Waals surface area (Å²) in [5.41, 5.74) is 3.70. The molecule has 0 aliphatic carbocycles. The highest BCUT2D eigenvalue weighted by molar-refractivity contribution is 6.00. The smallest absolute Gasteiger partial charge is 0.248 e. The molecule has 3 aromatic heterocycles. The second kappa shape index (κ2) is 4.69. The summed E-state index contributed by atoms with van der Waals surface area (Å²) in [5.74, 6) is 1.69. The van der Waals surface area contributed by atoms with E-state index in [0.29, 0.717) is 23.3 Å². The summed E-state index contributed by atoms with van der Waals surface area (Å²) in [6.45, 7) is 6.22. The first-order valence-electron chi connectivity index (χ1n) is 8.12. The Kier molecular flexibility index (Phi) is 2.67. The molecule has 0 saturated heterocycles. The van der Waals surface area contributed by atoms with E-state index in [9.17, 15) is 0 Å². The van der Waals surface area contributed by atoms with Crippen molar-refractivity contribution in [1.82, 2.24) is 24.9 Å². The highest BCUT2D eigenvalue weighted by Crippen LogP contribution is 2.43. The molecule has 0 N–H and O–H groups in total. The summed E-state index contributed by atoms with van der Waals surface area (Å²) in [7, 11) is 0. The SMILES string of the molecule is CC(C)(C)c1nc2c3c(cncc3n1)-c1nc3ccccc3nc1O2. The summed E-state index contributed by atoms with van der Waals surface area (Å²) < 4.78 is 6.04. The summed E-state index contributed by atoms with van der Waals surface area (Å²) >= 11 is 0. The van der Waals surface area contributed by atoms with E-state index >= 15 is 0 Å². The molecule has 0 bridgehead atoms. The Labute approximate surface area is 144 Å². The molecule has 1 aliphatic rings. The third-order valence-electron chi connectivity index (χ3n) is 4.23. The molecule has 0 radical (unpaired) electrons. The molecular weight excluding hydrogens is 314 g/mol. The van der Waals surface area contributed by atoms with Crippen molar-refractivity contribution in [3.63, 3.8) is 0 Å². The average molecular weight is 329 g/mol. The van der Waals surface area contributed by atoms with Crippen molar-refractivity contribution in [3.8, 4) is 23.0 Å². The van der Waals surface area contributed by atoms with Gasteiger partial charge in [0.15, 0.2) is 0 Å². The lowest BCUT2D eigenvalue weighted by Gasteiger charge is -2.22. The zero-order valence-electron chi connectivity index (χ0n) is 14.1. The van der Waals surface area contributed by atoms with Crippen LogP contribution in [-0.4, -0.2) is 24.9 Å². The van der Waals surface area contributed by atoms with E-state index in [4.69, 9.17) is 9.72 Å². The molecule has 0 fully saturated rings. The summed E-state index contributed by atoms with van der Waals surface area (Å²) in [6.07, 6.45) is 3.51. The van der Waals surface area contributed by atoms with Crippen LogP contribution in [0.25, 0.3) is 33.2 Å². The zero-order valence-corrected chi connectivity index (χ0v) is 14.1. The van der Waals surface area contributed by atoms with Gasteiger partial charge in [-0.1, -0.05) is 32.9 Å². The van der Waals surface area contributed by atoms with E-state index in [-0.39, 0.29) is 5.41 Å². The molecule has 1 aliphatic heterocycles. The number of nitrogens with zero attached hydrogens (tertiary/aromatic N) is 5. The van der Waals surface area contributed by atoms with Gasteiger partial charge in [-0.3, -0.25) is 4.98 Å². The van der Waals surface area contributed by atoms with Crippen molar-refractivity contribution >= 4 is 21.9 Å². The Bertz CT molecular complexity index is 1160. The largest absolute Gasteiger partial charge is 0.417 e. The Hall–Kier alpha value is -3.15. The lowest BCUT2D eigenvalue weighted by molar-refractivity contribution is 0.436. The average Bonchev–Trinajstić information content (AvgIpc) is 2.59. The lowest BCUT2D eigenvalue weighted by atomic mass is 9.95. The maximum Gasteiger partial charge on any atom is 0.248 e. The Balaban J connectivity index is 1.86. The van der Waals surface area contributed by atoms with E-state index in [1.165, 1.54) is 0 Å². The number of aromatic nitrogens is 5. The molecule has 0 amide bonds. The van der Waals surface area contributed by atoms with E-state index in [1.54, 1.807) is 12.4 Å². The van der Waals surface area contributed by atoms with Gasteiger partial charge in [0.2, 0.25) is 11.8 Å². The fourth-order valence-corrected chi connectivity index (χ4v) is 2.96. The van der Waals surface area contributed by atoms with E-state index in [2.05, 4.69) is 40.7 Å². The summed E-state index contributed by atoms with van der Waals surface area (Å²) in [5, 5.41) is 0.833. The first kappa shape index (κ1) is 14.2. The minimum absolute atomic E-state index is 0.195. The quantitative estimate of drug-likeness (QED) is 0.427. The fourth-order valence-electron chi connectivity index (χ4n) is 2.96. The van der Waals surface area contributed by atoms with Gasteiger partial charge in [0, 0.05) is 17.2 Å². The molecule has 0 spiro atoms. The van der Waals surface area contributed by atoms with Crippen LogP contribution in [-0.2, 0) is 5.41 Å². The highest BCUT2D eigenvalue weighted by atomic mass is 16.5. The van der Waals surface area contributed by atoms with Gasteiger partial charge < -0.3 is 4.74 Å². The van der Waals surface area contributed by atoms with Gasteiger partial charge in [-0.2, -0.15) is 4.98 Å². The van der Waals surface area contributed by atoms with Crippen LogP contribution in [0.2, 0.25) is 0 Å². The second-order valence-electron chi connectivity index (χ2n) is 7.15. The van der Waals surface area contributed by atoms with Crippen molar-refractivity contribution in [2.45, 2.75) is 26.2 Å². The molecule has 0 atom stereocenters. The van der Waals surface area contributed by atoms with Crippen LogP contribution < -0.4 is 4.74 Å². The fraction of sp³-hybridized carbons (Fsp3) is 0.211. The van der Waals surface area contributed by atoms with Crippen LogP contribution in [0.15, 0.2) is 36.7 Å². The summed E-state index contributed by atoms with van der Waals surface area (Å²) in [4.78, 5) is 23.0. The van der Waals surface area contributed by atoms with Crippen molar-refractivity contribution in [3.05, 3.63) is 42.5 Å². The van der Waals surface area contributed by atoms with Crippen molar-refractivity contribution in [1.29, 1.82) is 0 Å². The Morgan fingerprint density at radius 3 is 2.32 bits per heavy atom. The van der Waals surface area contributed by atoms with Gasteiger partial charge in [-0.15, -0.1) is 0 Å². The number of hydrogen-bond acceptors (Lipinski definition) is 6. The predicted molar refractivity (Wildman–Crippen MR) is 94.6 cm³/mol. The standard InChI is InChI=1S/C19H15N5O/c1-19(2,3)18-23-13-9-20-8-10-14(13)16(24-18)25-17-15(10)21-11-6-4-5-7-12(11)22-17/h4-9H,1-3H3. The monoisotopic (exact) mass is 329 g/mol. The third kappa shape index (κ3) is 2.07. The van der Waals surface area contributed by atoms with Crippen molar-refractivity contribution < 1.29 is 4.74 Å². The molecule has 0 unspecified atom stereocenters. The number of fused-ring (bicyclic) bond motifs is 3. The van der Waals surface area contributed by atoms with E-state index in [0.717, 1.165) is 27.5 Å². The van der Waals surface area contributed by atoms with Crippen LogP contribution in [0.5, 0.6) is 11.8 Å². The predicted octanol–water partition coefficient (Wildman–Crippen LogP) is 4.04. The van der Waals surface area contributed by atoms with Gasteiger partial charge in [-0.05, 0) is 12.1 Å². The number of hydrogen-bond donors (Lipinski definition) is 0. The van der Waals surface area contributed by atoms with Crippen LogP contribution in [0, 0.1) is 0 Å². The minimum Gasteiger partial charge on any atom is -0.417 e. The van der Waals surface area contributed by atoms with Crippen LogP contribution >= 0.6 is 0 Å². The molecule has 25 heavy (non-hydrogen) atoms. The molecule has 6 nitrogen and oxygen atoms in total. The molecular formula is C19H15N5O. The number of benzene rings is 1. The highest BCUT2D eigenvalue weighted by Gasteiger charge is 2.28. The zero-order chi connectivity index (χ0) is 17.2. The third-order valence-corrected chi connectivity index (χ3v) is 4.23. The summed E-state index contributed by atoms with van der Waals surface area (Å²) in [6, 6.07) is 7.73. The normalized spacial score (nSPS) is 12.9. The molecule has 4 aromatic rings. The second-order valence-corrected chi connectivity index (χ2v) is 7.15. The minimum atomic E-state index is -0.195. The van der Waals surface area contributed by atoms with Crippen LogP contribution in [0.4, 0.5) is 0 Å². The van der Waals surface area contributed by atoms with Crippen molar-refractivity contribution in [2.75, 3.05) is 0 Å². The molecule has 6 heteroatoms. The first-order chi connectivity index (χ1) is 12.0. The maximum atomic E-state index is 6.04. The van der Waals surface area contributed by atoms with Crippen LogP contribution in [0.1, 0.15) is 26.6 Å². The van der Waals surface area contributed by atoms with Crippen LogP contribution in [0.3, 0.4) is 0 Å². The first-order valence-corrected chi connectivity index (χ1v) is 8.12. The Morgan fingerprint density at radius 1 is 0.800 bits per heavy atom. The molecule has 122 valence electrons. The Morgan fingerprint density at radius 2 is 1.56 bits per heavy atom. The number of rotatable bonds is 0. The molecule has 1 aromatic carbocycles. The van der Waals surface area contributed by atoms with Gasteiger partial charge in [0.25, 0.3) is 0 Å². The molecule has 0 saturated carbocycles. The molecule has 4 heterocycles. The van der Waals surface area contributed by atoms with Crippen molar-refractivity contribution in [2.24, 2.45) is 0 Å². The number of pyridine rings is 1. The van der Waals surface area contributed by atoms with E-state index < -0.39 is 0 Å². The van der Waals surface area contributed by atoms with Gasteiger partial charge in [0.05, 0.1) is 28.1 Å².